The summed E-state index contributed by atoms with van der Waals surface area (Å²) in [6.45, 7) is 6.58. The van der Waals surface area contributed by atoms with Crippen LogP contribution in [0.15, 0.2) is 0 Å². The average molecular weight is 181 g/mol. The zero-order valence-corrected chi connectivity index (χ0v) is 8.97. The summed E-state index contributed by atoms with van der Waals surface area (Å²) in [6.07, 6.45) is 8.84. The van der Waals surface area contributed by atoms with E-state index in [0.29, 0.717) is 0 Å². The summed E-state index contributed by atoms with van der Waals surface area (Å²) in [6, 6.07) is 0. The van der Waals surface area contributed by atoms with Gasteiger partial charge in [-0.15, -0.1) is 0 Å². The minimum absolute atomic E-state index is 1.01. The molecule has 76 valence electrons. The van der Waals surface area contributed by atoms with Gasteiger partial charge < -0.3 is 4.90 Å². The molecule has 2 aliphatic rings. The van der Waals surface area contributed by atoms with E-state index >= 15 is 0 Å². The van der Waals surface area contributed by atoms with Crippen LogP contribution in [0.2, 0.25) is 0 Å². The van der Waals surface area contributed by atoms with Gasteiger partial charge in [0, 0.05) is 6.54 Å². The third-order valence-electron chi connectivity index (χ3n) is 3.77. The Morgan fingerprint density at radius 3 is 2.46 bits per heavy atom. The predicted octanol–water partition coefficient (Wildman–Crippen LogP) is 2.91. The first-order valence-electron chi connectivity index (χ1n) is 6.07. The van der Waals surface area contributed by atoms with E-state index in [-0.39, 0.29) is 0 Å². The third kappa shape index (κ3) is 2.70. The van der Waals surface area contributed by atoms with Crippen molar-refractivity contribution in [2.75, 3.05) is 19.6 Å². The molecule has 2 fully saturated rings. The Hall–Kier alpha value is -0.0400. The molecule has 0 N–H and O–H groups in total. The summed E-state index contributed by atoms with van der Waals surface area (Å²) in [5.41, 5.74) is 0. The molecule has 1 saturated heterocycles. The van der Waals surface area contributed by atoms with Gasteiger partial charge in [-0.1, -0.05) is 19.8 Å². The Morgan fingerprint density at radius 1 is 1.08 bits per heavy atom. The van der Waals surface area contributed by atoms with Crippen LogP contribution >= 0.6 is 0 Å². The maximum absolute atomic E-state index is 2.70. The van der Waals surface area contributed by atoms with Crippen molar-refractivity contribution in [1.82, 2.24) is 4.90 Å². The van der Waals surface area contributed by atoms with Gasteiger partial charge in [0.25, 0.3) is 0 Å². The lowest BCUT2D eigenvalue weighted by atomic mass is 10.0. The summed E-state index contributed by atoms with van der Waals surface area (Å²) in [5.74, 6) is 2.04. The fraction of sp³-hybridized carbons (Fsp3) is 1.00. The highest BCUT2D eigenvalue weighted by Crippen LogP contribution is 2.31. The summed E-state index contributed by atoms with van der Waals surface area (Å²) in [4.78, 5) is 2.70. The Balaban J connectivity index is 1.71. The predicted molar refractivity (Wildman–Crippen MR) is 56.8 cm³/mol. The van der Waals surface area contributed by atoms with Crippen LogP contribution in [-0.2, 0) is 0 Å². The monoisotopic (exact) mass is 181 g/mol. The molecule has 2 unspecified atom stereocenters. The number of piperidine rings is 1. The van der Waals surface area contributed by atoms with Crippen molar-refractivity contribution in [3.8, 4) is 0 Å². The highest BCUT2D eigenvalue weighted by atomic mass is 15.1. The molecular weight excluding hydrogens is 158 g/mol. The maximum atomic E-state index is 2.70. The smallest absolute Gasteiger partial charge is 0.000976 e. The fourth-order valence-electron chi connectivity index (χ4n) is 3.00. The van der Waals surface area contributed by atoms with Gasteiger partial charge in [0.15, 0.2) is 0 Å². The molecule has 13 heavy (non-hydrogen) atoms. The van der Waals surface area contributed by atoms with Gasteiger partial charge >= 0.3 is 0 Å². The maximum Gasteiger partial charge on any atom is 0.000976 e. The van der Waals surface area contributed by atoms with E-state index in [1.54, 1.807) is 0 Å². The molecule has 1 heteroatoms. The molecule has 0 aromatic rings. The second kappa shape index (κ2) is 4.45. The van der Waals surface area contributed by atoms with Gasteiger partial charge in [0.05, 0.1) is 0 Å². The number of hydrogen-bond donors (Lipinski definition) is 0. The van der Waals surface area contributed by atoms with Crippen molar-refractivity contribution in [2.24, 2.45) is 11.8 Å². The topological polar surface area (TPSA) is 3.24 Å². The minimum atomic E-state index is 1.01. The van der Waals surface area contributed by atoms with Crippen molar-refractivity contribution in [3.05, 3.63) is 0 Å². The number of likely N-dealkylation sites (tertiary alicyclic amines) is 1. The summed E-state index contributed by atoms with van der Waals surface area (Å²) in [5, 5.41) is 0. The van der Waals surface area contributed by atoms with E-state index in [9.17, 15) is 0 Å². The van der Waals surface area contributed by atoms with E-state index in [1.165, 1.54) is 58.2 Å². The normalized spacial score (nSPS) is 36.7. The van der Waals surface area contributed by atoms with Crippen LogP contribution in [0.5, 0.6) is 0 Å². The molecule has 1 nitrogen and oxygen atoms in total. The molecule has 0 aromatic carbocycles. The SMILES string of the molecule is CC1CCC(CN2CCCCC2)C1. The van der Waals surface area contributed by atoms with E-state index in [0.717, 1.165) is 11.8 Å². The second-order valence-corrected chi connectivity index (χ2v) is 5.15. The average Bonchev–Trinajstić information content (AvgIpc) is 2.53. The van der Waals surface area contributed by atoms with Crippen LogP contribution in [0.1, 0.15) is 45.4 Å². The second-order valence-electron chi connectivity index (χ2n) is 5.15. The van der Waals surface area contributed by atoms with Crippen molar-refractivity contribution >= 4 is 0 Å². The molecule has 2 atom stereocenters. The Bertz CT molecular complexity index is 146. The van der Waals surface area contributed by atoms with Gasteiger partial charge in [-0.3, -0.25) is 0 Å². The largest absolute Gasteiger partial charge is 0.303 e. The molecule has 1 heterocycles. The number of rotatable bonds is 2. The molecule has 1 saturated carbocycles. The number of nitrogens with zero attached hydrogens (tertiary/aromatic N) is 1. The Kier molecular flexibility index (Phi) is 3.26. The van der Waals surface area contributed by atoms with Crippen LogP contribution in [0, 0.1) is 11.8 Å². The van der Waals surface area contributed by atoms with E-state index < -0.39 is 0 Å². The summed E-state index contributed by atoms with van der Waals surface area (Å²) < 4.78 is 0. The Morgan fingerprint density at radius 2 is 1.85 bits per heavy atom. The van der Waals surface area contributed by atoms with E-state index in [2.05, 4.69) is 11.8 Å². The summed E-state index contributed by atoms with van der Waals surface area (Å²) >= 11 is 0. The van der Waals surface area contributed by atoms with E-state index in [4.69, 9.17) is 0 Å². The first-order chi connectivity index (χ1) is 6.34. The number of hydrogen-bond acceptors (Lipinski definition) is 1. The van der Waals surface area contributed by atoms with Crippen molar-refractivity contribution in [2.45, 2.75) is 45.4 Å². The highest BCUT2D eigenvalue weighted by Gasteiger charge is 2.23. The van der Waals surface area contributed by atoms with Crippen LogP contribution in [0.3, 0.4) is 0 Å². The Labute approximate surface area is 82.5 Å². The van der Waals surface area contributed by atoms with Gasteiger partial charge in [-0.25, -0.2) is 0 Å². The fourth-order valence-corrected chi connectivity index (χ4v) is 3.00. The molecule has 0 spiro atoms. The van der Waals surface area contributed by atoms with Gasteiger partial charge in [0.1, 0.15) is 0 Å². The lowest BCUT2D eigenvalue weighted by molar-refractivity contribution is 0.195. The molecular formula is C12H23N. The first-order valence-corrected chi connectivity index (χ1v) is 6.07. The van der Waals surface area contributed by atoms with Gasteiger partial charge in [-0.2, -0.15) is 0 Å². The lowest BCUT2D eigenvalue weighted by Crippen LogP contribution is -2.33. The van der Waals surface area contributed by atoms with Crippen LogP contribution < -0.4 is 0 Å². The van der Waals surface area contributed by atoms with Gasteiger partial charge in [-0.05, 0) is 50.6 Å². The lowest BCUT2D eigenvalue weighted by Gasteiger charge is -2.28. The molecule has 2 rings (SSSR count). The quantitative estimate of drug-likeness (QED) is 0.633. The molecule has 0 amide bonds. The first kappa shape index (κ1) is 9.51. The van der Waals surface area contributed by atoms with Crippen molar-refractivity contribution in [1.29, 1.82) is 0 Å². The summed E-state index contributed by atoms with van der Waals surface area (Å²) in [7, 11) is 0. The standard InChI is InChI=1S/C12H23N/c1-11-5-6-12(9-11)10-13-7-3-2-4-8-13/h11-12H,2-10H2,1H3. The molecule has 0 bridgehead atoms. The van der Waals surface area contributed by atoms with Crippen molar-refractivity contribution < 1.29 is 0 Å². The van der Waals surface area contributed by atoms with Crippen LogP contribution in [0.25, 0.3) is 0 Å². The molecule has 1 aliphatic carbocycles. The van der Waals surface area contributed by atoms with Crippen molar-refractivity contribution in [3.63, 3.8) is 0 Å². The van der Waals surface area contributed by atoms with Crippen LogP contribution in [-0.4, -0.2) is 24.5 Å². The molecule has 1 aliphatic heterocycles. The third-order valence-corrected chi connectivity index (χ3v) is 3.77. The molecule has 0 radical (unpaired) electrons. The highest BCUT2D eigenvalue weighted by molar-refractivity contribution is 4.77. The zero-order chi connectivity index (χ0) is 9.10. The minimum Gasteiger partial charge on any atom is -0.303 e. The van der Waals surface area contributed by atoms with Gasteiger partial charge in [0.2, 0.25) is 0 Å². The van der Waals surface area contributed by atoms with E-state index in [1.807, 2.05) is 0 Å². The molecule has 0 aromatic heterocycles. The van der Waals surface area contributed by atoms with Crippen LogP contribution in [0.4, 0.5) is 0 Å². The zero-order valence-electron chi connectivity index (χ0n) is 8.97.